The maximum Gasteiger partial charge on any atom is 0.303 e. The molecular weight excluding hydrogens is 536 g/mol. The smallest absolute Gasteiger partial charge is 0.303 e. The number of nitrogens with two attached hydrogens (primary N) is 1. The molecule has 2 aromatic carbocycles. The molecule has 10 nitrogen and oxygen atoms in total. The van der Waals surface area contributed by atoms with Crippen molar-refractivity contribution in [3.05, 3.63) is 71.0 Å². The molecule has 2 atom stereocenters. The molecule has 3 aliphatic heterocycles. The highest BCUT2D eigenvalue weighted by atomic mass is 16.5. The Morgan fingerprint density at radius 1 is 1.10 bits per heavy atom. The second-order valence-corrected chi connectivity index (χ2v) is 11.5. The van der Waals surface area contributed by atoms with Gasteiger partial charge in [0.25, 0.3) is 5.91 Å². The first-order valence-corrected chi connectivity index (χ1v) is 14.6. The van der Waals surface area contributed by atoms with Gasteiger partial charge in [-0.15, -0.1) is 0 Å². The van der Waals surface area contributed by atoms with Gasteiger partial charge in [-0.05, 0) is 78.4 Å². The predicted octanol–water partition coefficient (Wildman–Crippen LogP) is 3.46. The van der Waals surface area contributed by atoms with Crippen molar-refractivity contribution in [2.75, 3.05) is 26.3 Å². The summed E-state index contributed by atoms with van der Waals surface area (Å²) in [6.07, 6.45) is 4.75. The Hall–Kier alpha value is -4.02. The third-order valence-corrected chi connectivity index (χ3v) is 8.66. The molecule has 0 spiro atoms. The third-order valence-electron chi connectivity index (χ3n) is 8.66. The molecule has 0 aliphatic carbocycles. The van der Waals surface area contributed by atoms with Gasteiger partial charge in [-0.25, -0.2) is 0 Å². The van der Waals surface area contributed by atoms with E-state index in [9.17, 15) is 14.4 Å². The van der Waals surface area contributed by atoms with Gasteiger partial charge in [0.2, 0.25) is 5.91 Å². The van der Waals surface area contributed by atoms with E-state index in [-0.39, 0.29) is 31.4 Å². The number of amides is 2. The second-order valence-electron chi connectivity index (χ2n) is 11.5. The van der Waals surface area contributed by atoms with E-state index in [1.54, 1.807) is 12.1 Å². The van der Waals surface area contributed by atoms with Gasteiger partial charge in [0.05, 0.1) is 5.69 Å². The van der Waals surface area contributed by atoms with Gasteiger partial charge in [0.15, 0.2) is 0 Å². The molecule has 2 saturated heterocycles. The number of aliphatic carboxylic acids is 1. The largest absolute Gasteiger partial charge is 0.489 e. The summed E-state index contributed by atoms with van der Waals surface area (Å²) in [7, 11) is 0. The van der Waals surface area contributed by atoms with Crippen molar-refractivity contribution in [3.8, 4) is 5.75 Å². The maximum absolute atomic E-state index is 12.9. The van der Waals surface area contributed by atoms with E-state index in [2.05, 4.69) is 29.2 Å². The van der Waals surface area contributed by atoms with E-state index in [0.29, 0.717) is 17.2 Å². The van der Waals surface area contributed by atoms with Crippen molar-refractivity contribution in [2.24, 2.45) is 5.73 Å². The lowest BCUT2D eigenvalue weighted by atomic mass is 9.90. The van der Waals surface area contributed by atoms with Crippen LogP contribution in [-0.4, -0.2) is 76.1 Å². The van der Waals surface area contributed by atoms with Gasteiger partial charge in [0.1, 0.15) is 17.9 Å². The van der Waals surface area contributed by atoms with Gasteiger partial charge < -0.3 is 25.2 Å². The lowest BCUT2D eigenvalue weighted by Crippen LogP contribution is -2.45. The number of fused-ring (bicyclic) bond motifs is 2. The van der Waals surface area contributed by atoms with Gasteiger partial charge in [-0.1, -0.05) is 12.1 Å². The average molecular weight is 573 g/mol. The number of hydrogen-bond acceptors (Lipinski definition) is 7. The van der Waals surface area contributed by atoms with Crippen LogP contribution in [0.25, 0.3) is 10.8 Å². The fraction of sp³-hybridized carbons (Fsp3) is 0.438. The van der Waals surface area contributed by atoms with Crippen molar-refractivity contribution < 1.29 is 29.0 Å². The Bertz CT molecular complexity index is 1500. The number of carbonyl (C=O) groups is 3. The van der Waals surface area contributed by atoms with Crippen LogP contribution in [0.15, 0.2) is 48.7 Å². The van der Waals surface area contributed by atoms with Crippen molar-refractivity contribution in [1.29, 1.82) is 0 Å². The van der Waals surface area contributed by atoms with E-state index in [0.717, 1.165) is 63.4 Å². The SMILES string of the molecule is NC(=O)[C@H](CCC(=O)O)N1Cc2cc(O[C@H]3CCN(Cc4cc5ccc(C6CCOCC6)cc5cn4)C3)ccc2C1=O. The molecule has 0 unspecified atom stereocenters. The van der Waals surface area contributed by atoms with Crippen LogP contribution < -0.4 is 10.5 Å². The second kappa shape index (κ2) is 12.1. The molecule has 3 aliphatic rings. The Morgan fingerprint density at radius 3 is 2.71 bits per heavy atom. The fourth-order valence-corrected chi connectivity index (χ4v) is 6.39. The quantitative estimate of drug-likeness (QED) is 0.377. The number of likely N-dealkylation sites (tertiary alicyclic amines) is 1. The number of hydrogen-bond donors (Lipinski definition) is 2. The number of ether oxygens (including phenoxy) is 2. The molecule has 0 saturated carbocycles. The average Bonchev–Trinajstić information content (AvgIpc) is 3.56. The molecule has 42 heavy (non-hydrogen) atoms. The van der Waals surface area contributed by atoms with E-state index in [1.165, 1.54) is 21.2 Å². The zero-order valence-electron chi connectivity index (χ0n) is 23.5. The minimum Gasteiger partial charge on any atom is -0.489 e. The zero-order chi connectivity index (χ0) is 29.2. The Kier molecular flexibility index (Phi) is 8.08. The molecule has 0 bridgehead atoms. The lowest BCUT2D eigenvalue weighted by molar-refractivity contribution is -0.137. The Morgan fingerprint density at radius 2 is 1.93 bits per heavy atom. The number of primary amides is 1. The molecule has 1 aromatic heterocycles. The van der Waals surface area contributed by atoms with Gasteiger partial charge >= 0.3 is 5.97 Å². The molecule has 3 aromatic rings. The summed E-state index contributed by atoms with van der Waals surface area (Å²) in [5.74, 6) is -0.838. The van der Waals surface area contributed by atoms with Crippen LogP contribution in [0.1, 0.15) is 65.2 Å². The first kappa shape index (κ1) is 28.1. The molecule has 2 fully saturated rings. The van der Waals surface area contributed by atoms with Crippen molar-refractivity contribution in [1.82, 2.24) is 14.8 Å². The van der Waals surface area contributed by atoms with Crippen LogP contribution in [0.3, 0.4) is 0 Å². The van der Waals surface area contributed by atoms with Crippen LogP contribution in [0.5, 0.6) is 5.75 Å². The Balaban J connectivity index is 1.05. The molecule has 220 valence electrons. The van der Waals surface area contributed by atoms with E-state index in [1.807, 2.05) is 12.3 Å². The van der Waals surface area contributed by atoms with E-state index in [4.69, 9.17) is 25.3 Å². The summed E-state index contributed by atoms with van der Waals surface area (Å²) in [6, 6.07) is 13.3. The van der Waals surface area contributed by atoms with E-state index < -0.39 is 17.9 Å². The van der Waals surface area contributed by atoms with Crippen LogP contribution in [0, 0.1) is 0 Å². The first-order valence-electron chi connectivity index (χ1n) is 14.6. The minimum absolute atomic E-state index is 0.00711. The predicted molar refractivity (Wildman–Crippen MR) is 155 cm³/mol. The summed E-state index contributed by atoms with van der Waals surface area (Å²) >= 11 is 0. The highest BCUT2D eigenvalue weighted by Gasteiger charge is 2.36. The van der Waals surface area contributed by atoms with Crippen molar-refractivity contribution >= 4 is 28.6 Å². The number of carbonyl (C=O) groups excluding carboxylic acids is 2. The van der Waals surface area contributed by atoms with E-state index >= 15 is 0 Å². The van der Waals surface area contributed by atoms with Crippen LogP contribution in [0.2, 0.25) is 0 Å². The number of aromatic nitrogens is 1. The monoisotopic (exact) mass is 572 g/mol. The van der Waals surface area contributed by atoms with Crippen molar-refractivity contribution in [2.45, 2.75) is 63.3 Å². The van der Waals surface area contributed by atoms with Crippen LogP contribution >= 0.6 is 0 Å². The molecule has 6 rings (SSSR count). The molecule has 3 N–H and O–H groups in total. The number of rotatable bonds is 10. The molecular formula is C32H36N4O6. The lowest BCUT2D eigenvalue weighted by Gasteiger charge is -2.24. The van der Waals surface area contributed by atoms with Crippen LogP contribution in [-0.2, 0) is 27.4 Å². The number of carboxylic acid groups (broad SMARTS) is 1. The number of benzene rings is 2. The summed E-state index contributed by atoms with van der Waals surface area (Å²) in [5.41, 5.74) is 9.14. The summed E-state index contributed by atoms with van der Waals surface area (Å²) in [6.45, 7) is 4.27. The normalized spacial score (nSPS) is 20.1. The number of nitrogens with zero attached hydrogens (tertiary/aromatic N) is 3. The highest BCUT2D eigenvalue weighted by molar-refractivity contribution is 6.01. The molecule has 2 amide bonds. The van der Waals surface area contributed by atoms with Gasteiger partial charge in [0, 0.05) is 63.0 Å². The Labute approximate surface area is 244 Å². The topological polar surface area (TPSA) is 135 Å². The van der Waals surface area contributed by atoms with Gasteiger partial charge in [-0.2, -0.15) is 0 Å². The molecule has 0 radical (unpaired) electrons. The summed E-state index contributed by atoms with van der Waals surface area (Å²) < 4.78 is 11.8. The third kappa shape index (κ3) is 6.10. The van der Waals surface area contributed by atoms with Crippen LogP contribution in [0.4, 0.5) is 0 Å². The van der Waals surface area contributed by atoms with Crippen molar-refractivity contribution in [3.63, 3.8) is 0 Å². The molecule has 4 heterocycles. The standard InChI is InChI=1S/C32H36N4O6/c33-31(39)29(5-6-30(37)38)36-17-24-15-26(3-4-28(24)32(36)40)42-27-7-10-35(19-27)18-25-14-22-2-1-21(13-23(22)16-34-25)20-8-11-41-12-9-20/h1-4,13-16,20,27,29H,5-12,17-19H2,(H2,33,39)(H,37,38)/t27-,29-/m0/s1. The maximum atomic E-state index is 12.9. The summed E-state index contributed by atoms with van der Waals surface area (Å²) in [4.78, 5) is 44.4. The van der Waals surface area contributed by atoms with Gasteiger partial charge in [-0.3, -0.25) is 24.3 Å². The number of pyridine rings is 1. The highest BCUT2D eigenvalue weighted by Crippen LogP contribution is 2.32. The fourth-order valence-electron chi connectivity index (χ4n) is 6.39. The number of carboxylic acids is 1. The first-order chi connectivity index (χ1) is 20.3. The minimum atomic E-state index is -1.04. The summed E-state index contributed by atoms with van der Waals surface area (Å²) in [5, 5.41) is 11.4. The zero-order valence-corrected chi connectivity index (χ0v) is 23.5. The molecule has 10 heteroatoms.